The Balaban J connectivity index is 2.27. The topological polar surface area (TPSA) is 82.4 Å². The number of hydrogen-bond acceptors (Lipinski definition) is 5. The summed E-state index contributed by atoms with van der Waals surface area (Å²) in [5.41, 5.74) is 1.12. The fourth-order valence-corrected chi connectivity index (χ4v) is 2.05. The van der Waals surface area contributed by atoms with Crippen molar-refractivity contribution in [2.75, 3.05) is 25.1 Å². The number of ether oxygens (including phenoxy) is 1. The summed E-state index contributed by atoms with van der Waals surface area (Å²) in [6, 6.07) is 8.34. The molecule has 1 unspecified atom stereocenters. The summed E-state index contributed by atoms with van der Waals surface area (Å²) in [5.74, 6) is -0.762. The van der Waals surface area contributed by atoms with E-state index in [9.17, 15) is 9.59 Å². The third-order valence-corrected chi connectivity index (χ3v) is 2.92. The summed E-state index contributed by atoms with van der Waals surface area (Å²) >= 11 is 0. The first-order valence-corrected chi connectivity index (χ1v) is 5.77. The molecule has 1 saturated heterocycles. The van der Waals surface area contributed by atoms with E-state index in [-0.39, 0.29) is 19.0 Å². The van der Waals surface area contributed by atoms with E-state index >= 15 is 0 Å². The molecule has 1 aliphatic heterocycles. The van der Waals surface area contributed by atoms with Crippen LogP contribution < -0.4 is 10.2 Å². The second-order valence-electron chi connectivity index (χ2n) is 4.15. The Bertz CT molecular complexity index is 550. The molecule has 1 fully saturated rings. The molecule has 0 spiro atoms. The zero-order valence-electron chi connectivity index (χ0n) is 10.4. The van der Waals surface area contributed by atoms with E-state index in [1.807, 2.05) is 0 Å². The van der Waals surface area contributed by atoms with Gasteiger partial charge in [0.25, 0.3) is 0 Å². The number of esters is 1. The molecule has 0 aromatic heterocycles. The third kappa shape index (κ3) is 2.65. The van der Waals surface area contributed by atoms with Gasteiger partial charge in [-0.1, -0.05) is 12.1 Å². The predicted octanol–water partition coefficient (Wildman–Crippen LogP) is 0.0361. The van der Waals surface area contributed by atoms with Gasteiger partial charge in [-0.25, -0.2) is 4.79 Å². The first-order valence-electron chi connectivity index (χ1n) is 5.77. The summed E-state index contributed by atoms with van der Waals surface area (Å²) in [4.78, 5) is 24.9. The number of methoxy groups -OCH3 is 1. The van der Waals surface area contributed by atoms with Crippen LogP contribution in [0.1, 0.15) is 5.56 Å². The fourth-order valence-electron chi connectivity index (χ4n) is 2.05. The number of para-hydroxylation sites is 1. The quantitative estimate of drug-likeness (QED) is 0.758. The number of carbonyl (C=O) groups excluding carboxylic acids is 2. The van der Waals surface area contributed by atoms with Crippen LogP contribution in [0.25, 0.3) is 0 Å². The molecule has 0 radical (unpaired) electrons. The molecule has 2 rings (SSSR count). The average molecular weight is 259 g/mol. The molecule has 1 N–H and O–H groups in total. The second-order valence-corrected chi connectivity index (χ2v) is 4.15. The Labute approximate surface area is 110 Å². The number of hydrogen-bond donors (Lipinski definition) is 1. The Hall–Kier alpha value is -2.55. The smallest absolute Gasteiger partial charge is 0.330 e. The number of nitriles is 1. The van der Waals surface area contributed by atoms with Gasteiger partial charge in [-0.3, -0.25) is 4.79 Å². The minimum absolute atomic E-state index is 0.117. The zero-order valence-corrected chi connectivity index (χ0v) is 10.4. The van der Waals surface area contributed by atoms with Gasteiger partial charge in [0.05, 0.1) is 24.9 Å². The van der Waals surface area contributed by atoms with Crippen LogP contribution in [0.3, 0.4) is 0 Å². The van der Waals surface area contributed by atoms with Gasteiger partial charge in [-0.05, 0) is 12.1 Å². The maximum atomic E-state index is 11.6. The lowest BCUT2D eigenvalue weighted by molar-refractivity contribution is -0.145. The van der Waals surface area contributed by atoms with Gasteiger partial charge in [0, 0.05) is 6.54 Å². The van der Waals surface area contributed by atoms with Crippen molar-refractivity contribution in [1.29, 1.82) is 5.26 Å². The number of nitrogens with one attached hydrogen (secondary N) is 1. The summed E-state index contributed by atoms with van der Waals surface area (Å²) < 4.78 is 4.63. The summed E-state index contributed by atoms with van der Waals surface area (Å²) in [6.45, 7) is 0.406. The fraction of sp³-hybridized carbons (Fsp3) is 0.308. The van der Waals surface area contributed by atoms with Crippen molar-refractivity contribution in [2.45, 2.75) is 6.04 Å². The van der Waals surface area contributed by atoms with E-state index in [1.165, 1.54) is 7.11 Å². The highest BCUT2D eigenvalue weighted by Crippen LogP contribution is 2.21. The van der Waals surface area contributed by atoms with E-state index in [2.05, 4.69) is 16.1 Å². The standard InChI is InChI=1S/C13H13N3O3/c1-19-13(18)10-7-16(8-12(17)15-10)11-5-3-2-4-9(11)6-14/h2-5,10H,7-8H2,1H3,(H,15,17). The van der Waals surface area contributed by atoms with Gasteiger partial charge in [0.2, 0.25) is 5.91 Å². The number of piperazine rings is 1. The lowest BCUT2D eigenvalue weighted by atomic mass is 10.1. The van der Waals surface area contributed by atoms with Crippen LogP contribution in [0.2, 0.25) is 0 Å². The van der Waals surface area contributed by atoms with E-state index in [4.69, 9.17) is 5.26 Å². The van der Waals surface area contributed by atoms with Gasteiger partial charge in [0.1, 0.15) is 12.1 Å². The first-order chi connectivity index (χ1) is 9.15. The van der Waals surface area contributed by atoms with Crippen molar-refractivity contribution in [3.63, 3.8) is 0 Å². The van der Waals surface area contributed by atoms with Crippen LogP contribution in [-0.4, -0.2) is 38.1 Å². The van der Waals surface area contributed by atoms with Gasteiger partial charge in [0.15, 0.2) is 0 Å². The lowest BCUT2D eigenvalue weighted by Crippen LogP contribution is -2.57. The number of amides is 1. The molecular formula is C13H13N3O3. The normalized spacial score (nSPS) is 18.4. The second kappa shape index (κ2) is 5.40. The molecule has 19 heavy (non-hydrogen) atoms. The van der Waals surface area contributed by atoms with Crippen molar-refractivity contribution in [2.24, 2.45) is 0 Å². The maximum absolute atomic E-state index is 11.6. The van der Waals surface area contributed by atoms with Crippen LogP contribution in [0, 0.1) is 11.3 Å². The lowest BCUT2D eigenvalue weighted by Gasteiger charge is -2.33. The van der Waals surface area contributed by atoms with Crippen molar-refractivity contribution in [3.05, 3.63) is 29.8 Å². The largest absolute Gasteiger partial charge is 0.467 e. The molecule has 0 saturated carbocycles. The number of carbonyl (C=O) groups is 2. The van der Waals surface area contributed by atoms with Crippen LogP contribution >= 0.6 is 0 Å². The molecule has 6 nitrogen and oxygen atoms in total. The van der Waals surface area contributed by atoms with Gasteiger partial charge >= 0.3 is 5.97 Å². The van der Waals surface area contributed by atoms with Crippen molar-refractivity contribution < 1.29 is 14.3 Å². The number of anilines is 1. The highest BCUT2D eigenvalue weighted by atomic mass is 16.5. The minimum Gasteiger partial charge on any atom is -0.467 e. The minimum atomic E-state index is -0.710. The molecule has 1 amide bonds. The average Bonchev–Trinajstić information content (AvgIpc) is 2.45. The SMILES string of the molecule is COC(=O)C1CN(c2ccccc2C#N)CC(=O)N1. The van der Waals surface area contributed by atoms with E-state index in [0.717, 1.165) is 0 Å². The maximum Gasteiger partial charge on any atom is 0.330 e. The van der Waals surface area contributed by atoms with Gasteiger partial charge in [-0.2, -0.15) is 5.26 Å². The Morgan fingerprint density at radius 1 is 1.53 bits per heavy atom. The number of nitrogens with zero attached hydrogens (tertiary/aromatic N) is 2. The van der Waals surface area contributed by atoms with Gasteiger partial charge in [-0.15, -0.1) is 0 Å². The van der Waals surface area contributed by atoms with Crippen LogP contribution in [0.4, 0.5) is 5.69 Å². The van der Waals surface area contributed by atoms with Crippen LogP contribution in [-0.2, 0) is 14.3 Å². The predicted molar refractivity (Wildman–Crippen MR) is 67.3 cm³/mol. The van der Waals surface area contributed by atoms with E-state index < -0.39 is 12.0 Å². The van der Waals surface area contributed by atoms with Crippen molar-refractivity contribution in [1.82, 2.24) is 5.32 Å². The van der Waals surface area contributed by atoms with Crippen molar-refractivity contribution in [3.8, 4) is 6.07 Å². The van der Waals surface area contributed by atoms with Crippen LogP contribution in [0.15, 0.2) is 24.3 Å². The number of rotatable bonds is 2. The molecule has 6 heteroatoms. The molecule has 0 bridgehead atoms. The highest BCUT2D eigenvalue weighted by molar-refractivity contribution is 5.90. The van der Waals surface area contributed by atoms with E-state index in [0.29, 0.717) is 11.3 Å². The zero-order chi connectivity index (χ0) is 13.8. The molecule has 1 aromatic rings. The Kier molecular flexibility index (Phi) is 3.66. The Morgan fingerprint density at radius 2 is 2.26 bits per heavy atom. The monoisotopic (exact) mass is 259 g/mol. The molecule has 0 aliphatic carbocycles. The third-order valence-electron chi connectivity index (χ3n) is 2.92. The molecule has 1 atom stereocenters. The molecule has 98 valence electrons. The molecule has 1 aromatic carbocycles. The Morgan fingerprint density at radius 3 is 2.95 bits per heavy atom. The number of benzene rings is 1. The summed E-state index contributed by atoms with van der Waals surface area (Å²) in [5, 5.41) is 11.6. The van der Waals surface area contributed by atoms with Crippen molar-refractivity contribution >= 4 is 17.6 Å². The molecule has 1 aliphatic rings. The van der Waals surface area contributed by atoms with E-state index in [1.54, 1.807) is 29.2 Å². The van der Waals surface area contributed by atoms with Gasteiger partial charge < -0.3 is 15.0 Å². The summed E-state index contributed by atoms with van der Waals surface area (Å²) in [7, 11) is 1.27. The summed E-state index contributed by atoms with van der Waals surface area (Å²) in [6.07, 6.45) is 0. The molecule has 1 heterocycles. The highest BCUT2D eigenvalue weighted by Gasteiger charge is 2.31. The molecular weight excluding hydrogens is 246 g/mol. The first kappa shape index (κ1) is 12.9. The van der Waals surface area contributed by atoms with Crippen LogP contribution in [0.5, 0.6) is 0 Å².